The number of rotatable bonds is 2. The Morgan fingerprint density at radius 2 is 1.69 bits per heavy atom. The third-order valence-electron chi connectivity index (χ3n) is 5.41. The molecule has 136 valence electrons. The Hall–Kier alpha value is -2.23. The number of aromatic nitrogens is 1. The summed E-state index contributed by atoms with van der Waals surface area (Å²) < 4.78 is 43.6. The number of para-hydroxylation sites is 1. The molecule has 1 aliphatic rings. The van der Waals surface area contributed by atoms with Crippen LogP contribution < -0.4 is 0 Å². The Bertz CT molecular complexity index is 963. The lowest BCUT2D eigenvalue weighted by molar-refractivity contribution is -0.137. The normalized spacial score (nSPS) is 14.8. The second-order valence-corrected chi connectivity index (χ2v) is 7.41. The summed E-state index contributed by atoms with van der Waals surface area (Å²) in [5, 5.41) is 1.09. The summed E-state index contributed by atoms with van der Waals surface area (Å²) in [6, 6.07) is 12.6. The Morgan fingerprint density at radius 3 is 2.42 bits per heavy atom. The topological polar surface area (TPSA) is 4.93 Å². The van der Waals surface area contributed by atoms with E-state index in [0.29, 0.717) is 5.56 Å². The van der Waals surface area contributed by atoms with Gasteiger partial charge in [0.1, 0.15) is 0 Å². The number of nitrogens with zero attached hydrogens (tertiary/aromatic N) is 1. The fourth-order valence-electron chi connectivity index (χ4n) is 4.11. The average molecular weight is 357 g/mol. The second kappa shape index (κ2) is 6.19. The van der Waals surface area contributed by atoms with E-state index in [-0.39, 0.29) is 11.6 Å². The van der Waals surface area contributed by atoms with Crippen molar-refractivity contribution in [1.82, 2.24) is 4.57 Å². The first kappa shape index (κ1) is 17.2. The fourth-order valence-corrected chi connectivity index (χ4v) is 4.11. The van der Waals surface area contributed by atoms with Crippen molar-refractivity contribution < 1.29 is 13.2 Å². The Labute approximate surface area is 151 Å². The predicted octanol–water partition coefficient (Wildman–Crippen LogP) is 6.65. The van der Waals surface area contributed by atoms with Gasteiger partial charge in [0.15, 0.2) is 0 Å². The van der Waals surface area contributed by atoms with Gasteiger partial charge in [-0.2, -0.15) is 13.2 Å². The molecule has 0 bridgehead atoms. The van der Waals surface area contributed by atoms with Crippen molar-refractivity contribution >= 4 is 10.9 Å². The quantitative estimate of drug-likeness (QED) is 0.484. The number of halogens is 3. The van der Waals surface area contributed by atoms with E-state index in [2.05, 4.69) is 0 Å². The monoisotopic (exact) mass is 357 g/mol. The maximum Gasteiger partial charge on any atom is 0.418 e. The number of fused-ring (bicyclic) bond motifs is 3. The highest BCUT2D eigenvalue weighted by Gasteiger charge is 2.35. The minimum atomic E-state index is -4.38. The van der Waals surface area contributed by atoms with Crippen LogP contribution in [-0.4, -0.2) is 4.57 Å². The molecule has 0 saturated carbocycles. The molecule has 0 radical (unpaired) electrons. The van der Waals surface area contributed by atoms with Gasteiger partial charge in [0.25, 0.3) is 0 Å². The van der Waals surface area contributed by atoms with Crippen molar-refractivity contribution in [3.8, 4) is 5.69 Å². The van der Waals surface area contributed by atoms with E-state index in [9.17, 15) is 13.2 Å². The third-order valence-corrected chi connectivity index (χ3v) is 5.41. The van der Waals surface area contributed by atoms with Crippen molar-refractivity contribution in [2.45, 2.75) is 51.6 Å². The van der Waals surface area contributed by atoms with Crippen LogP contribution in [0, 0.1) is 0 Å². The van der Waals surface area contributed by atoms with Crippen LogP contribution in [0.3, 0.4) is 0 Å². The summed E-state index contributed by atoms with van der Waals surface area (Å²) in [5.74, 6) is 0.0560. The van der Waals surface area contributed by atoms with E-state index >= 15 is 0 Å². The molecule has 0 N–H and O–H groups in total. The smallest absolute Gasteiger partial charge is 0.313 e. The summed E-state index contributed by atoms with van der Waals surface area (Å²) in [5.41, 5.74) is 3.56. The Kier molecular flexibility index (Phi) is 4.09. The number of aryl methyl sites for hydroxylation is 1. The van der Waals surface area contributed by atoms with Gasteiger partial charge in [-0.15, -0.1) is 0 Å². The van der Waals surface area contributed by atoms with Crippen molar-refractivity contribution in [3.05, 3.63) is 64.8 Å². The van der Waals surface area contributed by atoms with Gasteiger partial charge < -0.3 is 4.57 Å². The third kappa shape index (κ3) is 2.72. The maximum atomic E-state index is 13.9. The van der Waals surface area contributed by atoms with E-state index in [1.807, 2.05) is 48.7 Å². The molecule has 1 nitrogen and oxygen atoms in total. The number of hydrogen-bond donors (Lipinski definition) is 0. The van der Waals surface area contributed by atoms with Crippen LogP contribution in [0.5, 0.6) is 0 Å². The van der Waals surface area contributed by atoms with Crippen LogP contribution in [0.4, 0.5) is 13.2 Å². The summed E-state index contributed by atoms with van der Waals surface area (Å²) in [6.45, 7) is 3.84. The number of alkyl halides is 3. The SMILES string of the molecule is CC(C)c1ccc(-n2c3c(c4ccccc42)CCCC3)c(C(F)(F)F)c1. The molecule has 0 aliphatic heterocycles. The van der Waals surface area contributed by atoms with Crippen molar-refractivity contribution in [1.29, 1.82) is 0 Å². The largest absolute Gasteiger partial charge is 0.418 e. The molecule has 0 amide bonds. The molecule has 26 heavy (non-hydrogen) atoms. The minimum Gasteiger partial charge on any atom is -0.313 e. The molecular weight excluding hydrogens is 335 g/mol. The van der Waals surface area contributed by atoms with E-state index in [1.54, 1.807) is 6.07 Å². The van der Waals surface area contributed by atoms with Crippen LogP contribution in [0.1, 0.15) is 55.0 Å². The van der Waals surface area contributed by atoms with E-state index in [4.69, 9.17) is 0 Å². The number of hydrogen-bond acceptors (Lipinski definition) is 0. The molecule has 0 unspecified atom stereocenters. The number of benzene rings is 2. The highest BCUT2D eigenvalue weighted by atomic mass is 19.4. The lowest BCUT2D eigenvalue weighted by Crippen LogP contribution is -2.14. The zero-order valence-electron chi connectivity index (χ0n) is 15.0. The van der Waals surface area contributed by atoms with Crippen LogP contribution in [0.15, 0.2) is 42.5 Å². The molecule has 2 aromatic carbocycles. The first-order valence-electron chi connectivity index (χ1n) is 9.20. The van der Waals surface area contributed by atoms with Gasteiger partial charge in [-0.1, -0.05) is 38.1 Å². The summed E-state index contributed by atoms with van der Waals surface area (Å²) in [6.07, 6.45) is -0.497. The Morgan fingerprint density at radius 1 is 0.962 bits per heavy atom. The summed E-state index contributed by atoms with van der Waals surface area (Å²) in [4.78, 5) is 0. The van der Waals surface area contributed by atoms with E-state index in [0.717, 1.165) is 42.3 Å². The highest BCUT2D eigenvalue weighted by molar-refractivity contribution is 5.88. The molecule has 4 rings (SSSR count). The maximum absolute atomic E-state index is 13.9. The Balaban J connectivity index is 2.05. The lowest BCUT2D eigenvalue weighted by atomic mass is 9.95. The van der Waals surface area contributed by atoms with Gasteiger partial charge in [0.2, 0.25) is 0 Å². The van der Waals surface area contributed by atoms with Gasteiger partial charge >= 0.3 is 6.18 Å². The fraction of sp³-hybridized carbons (Fsp3) is 0.364. The zero-order chi connectivity index (χ0) is 18.5. The molecule has 1 aliphatic carbocycles. The van der Waals surface area contributed by atoms with Crippen LogP contribution >= 0.6 is 0 Å². The molecule has 1 heterocycles. The van der Waals surface area contributed by atoms with Crippen molar-refractivity contribution in [3.63, 3.8) is 0 Å². The molecule has 1 aromatic heterocycles. The molecule has 0 saturated heterocycles. The van der Waals surface area contributed by atoms with Gasteiger partial charge in [-0.3, -0.25) is 0 Å². The first-order valence-corrected chi connectivity index (χ1v) is 9.20. The standard InChI is InChI=1S/C22H22F3N/c1-14(2)15-11-12-21(18(13-15)22(23,24)25)26-19-9-5-3-7-16(19)17-8-4-6-10-20(17)26/h3,5,7,9,11-14H,4,6,8,10H2,1-2H3. The molecule has 0 atom stereocenters. The van der Waals surface area contributed by atoms with Crippen LogP contribution in [-0.2, 0) is 19.0 Å². The molecule has 0 fully saturated rings. The van der Waals surface area contributed by atoms with Crippen LogP contribution in [0.25, 0.3) is 16.6 Å². The van der Waals surface area contributed by atoms with E-state index in [1.165, 1.54) is 11.6 Å². The summed E-state index contributed by atoms with van der Waals surface area (Å²) in [7, 11) is 0. The molecule has 3 aromatic rings. The minimum absolute atomic E-state index is 0.0560. The molecule has 0 spiro atoms. The summed E-state index contributed by atoms with van der Waals surface area (Å²) >= 11 is 0. The van der Waals surface area contributed by atoms with E-state index < -0.39 is 11.7 Å². The van der Waals surface area contributed by atoms with Gasteiger partial charge in [0.05, 0.1) is 16.8 Å². The molecule has 4 heteroatoms. The van der Waals surface area contributed by atoms with Crippen molar-refractivity contribution in [2.24, 2.45) is 0 Å². The predicted molar refractivity (Wildman–Crippen MR) is 99.0 cm³/mol. The van der Waals surface area contributed by atoms with Crippen LogP contribution in [0.2, 0.25) is 0 Å². The molecular formula is C22H22F3N. The van der Waals surface area contributed by atoms with Gasteiger partial charge in [-0.25, -0.2) is 0 Å². The highest BCUT2D eigenvalue weighted by Crippen LogP contribution is 2.40. The van der Waals surface area contributed by atoms with Crippen molar-refractivity contribution in [2.75, 3.05) is 0 Å². The average Bonchev–Trinajstić information content (AvgIpc) is 2.95. The lowest BCUT2D eigenvalue weighted by Gasteiger charge is -2.21. The zero-order valence-corrected chi connectivity index (χ0v) is 15.0. The van der Waals surface area contributed by atoms with Gasteiger partial charge in [-0.05, 0) is 60.9 Å². The van der Waals surface area contributed by atoms with Gasteiger partial charge in [0, 0.05) is 11.1 Å². The first-order chi connectivity index (χ1) is 12.4. The second-order valence-electron chi connectivity index (χ2n) is 7.41.